The number of aromatic hydroxyl groups is 1. The predicted octanol–water partition coefficient (Wildman–Crippen LogP) is 3.66. The van der Waals surface area contributed by atoms with E-state index >= 15 is 0 Å². The van der Waals surface area contributed by atoms with Gasteiger partial charge in [0.2, 0.25) is 0 Å². The lowest BCUT2D eigenvalue weighted by atomic mass is 10.1. The van der Waals surface area contributed by atoms with Crippen molar-refractivity contribution in [1.82, 2.24) is 9.78 Å². The Bertz CT molecular complexity index is 1030. The Morgan fingerprint density at radius 2 is 1.88 bits per heavy atom. The number of hydrogen-bond acceptors (Lipinski definition) is 5. The number of benzene rings is 1. The molecule has 0 spiro atoms. The van der Waals surface area contributed by atoms with Crippen LogP contribution in [-0.4, -0.2) is 20.6 Å². The van der Waals surface area contributed by atoms with Gasteiger partial charge in [-0.05, 0) is 33.3 Å². The largest absolute Gasteiger partial charge is 0.507 e. The quantitative estimate of drug-likeness (QED) is 0.728. The molecule has 0 aliphatic heterocycles. The Kier molecular flexibility index (Phi) is 4.75. The van der Waals surface area contributed by atoms with Crippen molar-refractivity contribution in [3.05, 3.63) is 75.0 Å². The lowest BCUT2D eigenvalue weighted by Gasteiger charge is -2.07. The minimum absolute atomic E-state index is 0.0661. The molecule has 1 N–H and O–H groups in total. The zero-order valence-electron chi connectivity index (χ0n) is 15.3. The second-order valence-corrected chi connectivity index (χ2v) is 6.39. The van der Waals surface area contributed by atoms with E-state index in [9.17, 15) is 9.90 Å². The van der Waals surface area contributed by atoms with Crippen LogP contribution in [0, 0.1) is 20.8 Å². The first-order valence-electron chi connectivity index (χ1n) is 8.33. The smallest absolute Gasteiger partial charge is 0.348 e. The van der Waals surface area contributed by atoms with E-state index in [2.05, 4.69) is 22.2 Å². The molecule has 0 aliphatic carbocycles. The highest BCUT2D eigenvalue weighted by Gasteiger charge is 2.14. The molecule has 0 radical (unpaired) electrons. The zero-order valence-corrected chi connectivity index (χ0v) is 15.3. The summed E-state index contributed by atoms with van der Waals surface area (Å²) in [5, 5.41) is 14.6. The average Bonchev–Trinajstić information content (AvgIpc) is 2.87. The fourth-order valence-corrected chi connectivity index (χ4v) is 2.76. The van der Waals surface area contributed by atoms with Crippen molar-refractivity contribution in [3.8, 4) is 5.75 Å². The molecule has 0 amide bonds. The third-order valence-electron chi connectivity index (χ3n) is 4.03. The van der Waals surface area contributed by atoms with Crippen molar-refractivity contribution >= 4 is 11.5 Å². The third kappa shape index (κ3) is 3.74. The van der Waals surface area contributed by atoms with Crippen molar-refractivity contribution in [2.24, 2.45) is 4.99 Å². The van der Waals surface area contributed by atoms with E-state index < -0.39 is 5.63 Å². The minimum atomic E-state index is -0.606. The number of hydrogen-bond donors (Lipinski definition) is 1. The molecule has 0 unspecified atom stereocenters. The molecule has 3 rings (SSSR count). The van der Waals surface area contributed by atoms with Crippen molar-refractivity contribution in [2.45, 2.75) is 34.2 Å². The summed E-state index contributed by atoms with van der Waals surface area (Å²) in [5.41, 5.74) is 2.96. The molecule has 6 nitrogen and oxygen atoms in total. The summed E-state index contributed by atoms with van der Waals surface area (Å²) < 4.78 is 6.85. The normalized spacial score (nSPS) is 11.8. The second kappa shape index (κ2) is 7.00. The van der Waals surface area contributed by atoms with E-state index in [-0.39, 0.29) is 11.3 Å². The fourth-order valence-electron chi connectivity index (χ4n) is 2.76. The van der Waals surface area contributed by atoms with Gasteiger partial charge in [0.15, 0.2) is 5.82 Å². The summed E-state index contributed by atoms with van der Waals surface area (Å²) in [6.07, 6.45) is 0. The Morgan fingerprint density at radius 3 is 2.54 bits per heavy atom. The lowest BCUT2D eigenvalue weighted by molar-refractivity contribution is 0.432. The molecule has 2 heterocycles. The molecular formula is C20H21N3O3. The molecule has 0 saturated carbocycles. The summed E-state index contributed by atoms with van der Waals surface area (Å²) >= 11 is 0. The van der Waals surface area contributed by atoms with E-state index in [0.29, 0.717) is 23.8 Å². The summed E-state index contributed by atoms with van der Waals surface area (Å²) in [4.78, 5) is 16.6. The summed E-state index contributed by atoms with van der Waals surface area (Å²) in [7, 11) is 0. The molecule has 26 heavy (non-hydrogen) atoms. The van der Waals surface area contributed by atoms with Gasteiger partial charge in [0, 0.05) is 12.1 Å². The molecule has 0 saturated heterocycles. The van der Waals surface area contributed by atoms with Gasteiger partial charge in [0.1, 0.15) is 17.1 Å². The van der Waals surface area contributed by atoms with Crippen molar-refractivity contribution in [3.63, 3.8) is 0 Å². The predicted molar refractivity (Wildman–Crippen MR) is 100 cm³/mol. The van der Waals surface area contributed by atoms with Gasteiger partial charge in [-0.1, -0.05) is 29.8 Å². The molecule has 0 fully saturated rings. The molecule has 0 bridgehead atoms. The maximum absolute atomic E-state index is 12.1. The van der Waals surface area contributed by atoms with Crippen molar-refractivity contribution in [2.75, 3.05) is 0 Å². The Balaban J connectivity index is 1.98. The Morgan fingerprint density at radius 1 is 1.19 bits per heavy atom. The van der Waals surface area contributed by atoms with Gasteiger partial charge in [0.05, 0.1) is 18.0 Å². The van der Waals surface area contributed by atoms with Crippen molar-refractivity contribution in [1.29, 1.82) is 0 Å². The molecule has 3 aromatic rings. The van der Waals surface area contributed by atoms with E-state index in [1.54, 1.807) is 18.5 Å². The van der Waals surface area contributed by atoms with Gasteiger partial charge in [-0.3, -0.25) is 0 Å². The highest BCUT2D eigenvalue weighted by Crippen LogP contribution is 2.21. The van der Waals surface area contributed by atoms with Crippen LogP contribution >= 0.6 is 0 Å². The van der Waals surface area contributed by atoms with Gasteiger partial charge >= 0.3 is 5.63 Å². The molecule has 6 heteroatoms. The molecule has 1 aromatic carbocycles. The highest BCUT2D eigenvalue weighted by atomic mass is 16.4. The SMILES string of the molecule is CC(=Nc1cc(C)nn1Cc1ccc(C)cc1)c1c(O)cc(C)oc1=O. The maximum Gasteiger partial charge on any atom is 0.348 e. The van der Waals surface area contributed by atoms with E-state index in [4.69, 9.17) is 4.42 Å². The first-order valence-corrected chi connectivity index (χ1v) is 8.33. The van der Waals surface area contributed by atoms with Gasteiger partial charge in [-0.15, -0.1) is 0 Å². The van der Waals surface area contributed by atoms with Gasteiger partial charge in [-0.2, -0.15) is 5.10 Å². The summed E-state index contributed by atoms with van der Waals surface area (Å²) in [6.45, 7) is 7.77. The zero-order chi connectivity index (χ0) is 18.8. The Hall–Kier alpha value is -3.15. The lowest BCUT2D eigenvalue weighted by Crippen LogP contribution is -2.13. The van der Waals surface area contributed by atoms with Crippen LogP contribution in [0.25, 0.3) is 0 Å². The maximum atomic E-state index is 12.1. The van der Waals surface area contributed by atoms with Crippen LogP contribution in [0.1, 0.15) is 35.1 Å². The fraction of sp³-hybridized carbons (Fsp3) is 0.250. The van der Waals surface area contributed by atoms with Gasteiger partial charge in [0.25, 0.3) is 0 Å². The third-order valence-corrected chi connectivity index (χ3v) is 4.03. The van der Waals surface area contributed by atoms with Crippen LogP contribution in [0.3, 0.4) is 0 Å². The van der Waals surface area contributed by atoms with Gasteiger partial charge in [-0.25, -0.2) is 14.5 Å². The van der Waals surface area contributed by atoms with Crippen molar-refractivity contribution < 1.29 is 9.52 Å². The first kappa shape index (κ1) is 17.7. The molecule has 134 valence electrons. The topological polar surface area (TPSA) is 80.6 Å². The van der Waals surface area contributed by atoms with E-state index in [1.165, 1.54) is 11.6 Å². The second-order valence-electron chi connectivity index (χ2n) is 6.39. The van der Waals surface area contributed by atoms with Crippen LogP contribution in [-0.2, 0) is 6.54 Å². The summed E-state index contributed by atoms with van der Waals surface area (Å²) in [5.74, 6) is 0.825. The van der Waals surface area contributed by atoms with Crippen LogP contribution in [0.15, 0.2) is 50.6 Å². The van der Waals surface area contributed by atoms with Crippen LogP contribution in [0.4, 0.5) is 5.82 Å². The molecule has 0 atom stereocenters. The number of rotatable bonds is 4. The van der Waals surface area contributed by atoms with Crippen LogP contribution < -0.4 is 5.63 Å². The minimum Gasteiger partial charge on any atom is -0.507 e. The highest BCUT2D eigenvalue weighted by molar-refractivity contribution is 6.01. The molecular weight excluding hydrogens is 330 g/mol. The number of aromatic nitrogens is 2. The summed E-state index contributed by atoms with van der Waals surface area (Å²) in [6, 6.07) is 11.4. The molecule has 2 aromatic heterocycles. The number of aryl methyl sites for hydroxylation is 3. The molecule has 0 aliphatic rings. The first-order chi connectivity index (χ1) is 12.3. The van der Waals surface area contributed by atoms with E-state index in [1.807, 2.05) is 32.0 Å². The van der Waals surface area contributed by atoms with Gasteiger partial charge < -0.3 is 9.52 Å². The Labute approximate surface area is 151 Å². The van der Waals surface area contributed by atoms with Crippen LogP contribution in [0.2, 0.25) is 0 Å². The standard InChI is InChI=1S/C20H21N3O3/c1-12-5-7-16(8-6-12)11-23-18(9-13(2)22-23)21-15(4)19-17(24)10-14(3)26-20(19)25/h5-10,24H,11H2,1-4H3. The van der Waals surface area contributed by atoms with Crippen LogP contribution in [0.5, 0.6) is 5.75 Å². The van der Waals surface area contributed by atoms with E-state index in [0.717, 1.165) is 11.3 Å². The number of nitrogens with zero attached hydrogens (tertiary/aromatic N) is 3. The average molecular weight is 351 g/mol. The monoisotopic (exact) mass is 351 g/mol. The number of aliphatic imine (C=N–C) groups is 1.